The van der Waals surface area contributed by atoms with E-state index < -0.39 is 35.8 Å². The first-order chi connectivity index (χ1) is 16.2. The summed E-state index contributed by atoms with van der Waals surface area (Å²) in [5.41, 5.74) is 5.07. The van der Waals surface area contributed by atoms with Crippen molar-refractivity contribution in [1.82, 2.24) is 10.3 Å². The highest BCUT2D eigenvalue weighted by Gasteiger charge is 2.38. The lowest BCUT2D eigenvalue weighted by molar-refractivity contribution is -0.192. The van der Waals surface area contributed by atoms with Crippen molar-refractivity contribution in [2.75, 3.05) is 6.54 Å². The summed E-state index contributed by atoms with van der Waals surface area (Å²) in [5.74, 6) is -4.65. The van der Waals surface area contributed by atoms with E-state index in [0.29, 0.717) is 35.9 Å². The molecule has 0 aliphatic carbocycles. The minimum absolute atomic E-state index is 0.0176. The van der Waals surface area contributed by atoms with E-state index in [4.69, 9.17) is 32.0 Å². The second-order valence-electron chi connectivity index (χ2n) is 7.43. The summed E-state index contributed by atoms with van der Waals surface area (Å²) in [6.45, 7) is 4.15. The van der Waals surface area contributed by atoms with Crippen LogP contribution in [0.25, 0.3) is 10.8 Å². The molecule has 1 heterocycles. The maximum Gasteiger partial charge on any atom is 0.490 e. The van der Waals surface area contributed by atoms with Crippen LogP contribution in [-0.2, 0) is 9.59 Å². The molecule has 14 heteroatoms. The van der Waals surface area contributed by atoms with Gasteiger partial charge < -0.3 is 31.1 Å². The van der Waals surface area contributed by atoms with Gasteiger partial charge in [0.25, 0.3) is 5.91 Å². The van der Waals surface area contributed by atoms with Gasteiger partial charge in [0.2, 0.25) is 0 Å². The van der Waals surface area contributed by atoms with Crippen molar-refractivity contribution in [2.45, 2.75) is 51.4 Å². The molecule has 35 heavy (non-hydrogen) atoms. The number of hydrogen-bond acceptors (Lipinski definition) is 7. The number of nitrogens with zero attached hydrogens (tertiary/aromatic N) is 1. The maximum atomic E-state index is 12.6. The molecule has 0 aliphatic rings. The van der Waals surface area contributed by atoms with Crippen LogP contribution in [0.5, 0.6) is 11.5 Å². The molecule has 0 saturated heterocycles. The number of rotatable bonds is 9. The Morgan fingerprint density at radius 2 is 1.77 bits per heavy atom. The number of halogens is 4. The summed E-state index contributed by atoms with van der Waals surface area (Å²) in [4.78, 5) is 36.8. The lowest BCUT2D eigenvalue weighted by Gasteiger charge is -2.16. The summed E-state index contributed by atoms with van der Waals surface area (Å²) in [6.07, 6.45) is -3.76. The van der Waals surface area contributed by atoms with Crippen LogP contribution >= 0.6 is 11.6 Å². The Labute approximate surface area is 202 Å². The van der Waals surface area contributed by atoms with Gasteiger partial charge in [0.05, 0.1) is 6.10 Å². The van der Waals surface area contributed by atoms with Crippen LogP contribution in [-0.4, -0.2) is 63.0 Å². The molecule has 1 aromatic carbocycles. The van der Waals surface area contributed by atoms with Crippen LogP contribution in [0.2, 0.25) is 5.15 Å². The van der Waals surface area contributed by atoms with E-state index in [1.165, 1.54) is 0 Å². The molecule has 0 saturated carbocycles. The number of carboxylic acids is 2. The lowest BCUT2D eigenvalue weighted by Crippen LogP contribution is -2.41. The topological polar surface area (TPSA) is 172 Å². The van der Waals surface area contributed by atoms with Gasteiger partial charge in [-0.15, -0.1) is 0 Å². The molecule has 0 spiro atoms. The fourth-order valence-electron chi connectivity index (χ4n) is 2.72. The van der Waals surface area contributed by atoms with Crippen molar-refractivity contribution >= 4 is 40.2 Å². The van der Waals surface area contributed by atoms with Crippen molar-refractivity contribution < 1.29 is 47.6 Å². The smallest absolute Gasteiger partial charge is 0.490 e. The molecule has 2 rings (SSSR count). The van der Waals surface area contributed by atoms with Gasteiger partial charge in [-0.2, -0.15) is 13.2 Å². The van der Waals surface area contributed by atoms with E-state index in [0.717, 1.165) is 0 Å². The predicted octanol–water partition coefficient (Wildman–Crippen LogP) is 3.33. The van der Waals surface area contributed by atoms with Crippen molar-refractivity contribution in [1.29, 1.82) is 0 Å². The molecular formula is C21H25ClF3N3O7. The number of pyridine rings is 1. The molecule has 0 aliphatic heterocycles. The van der Waals surface area contributed by atoms with Crippen LogP contribution in [0.15, 0.2) is 18.2 Å². The van der Waals surface area contributed by atoms with Crippen molar-refractivity contribution in [3.05, 3.63) is 29.0 Å². The van der Waals surface area contributed by atoms with Crippen molar-refractivity contribution in [2.24, 2.45) is 5.73 Å². The Morgan fingerprint density at radius 1 is 1.17 bits per heavy atom. The number of fused-ring (bicyclic) bond motifs is 1. The van der Waals surface area contributed by atoms with Gasteiger partial charge >= 0.3 is 18.1 Å². The highest BCUT2D eigenvalue weighted by molar-refractivity contribution is 6.35. The number of aromatic nitrogens is 1. The number of nitrogens with one attached hydrogen (secondary N) is 1. The number of nitrogens with two attached hydrogens (primary N) is 1. The molecule has 1 aromatic heterocycles. The van der Waals surface area contributed by atoms with E-state index in [1.807, 2.05) is 13.8 Å². The first-order valence-electron chi connectivity index (χ1n) is 10.2. The Morgan fingerprint density at radius 3 is 2.26 bits per heavy atom. The molecular weight excluding hydrogens is 499 g/mol. The quantitative estimate of drug-likeness (QED) is 0.244. The monoisotopic (exact) mass is 523 g/mol. The Balaban J connectivity index is 0.000000762. The highest BCUT2D eigenvalue weighted by atomic mass is 35.5. The first-order valence-corrected chi connectivity index (χ1v) is 10.6. The number of amides is 1. The van der Waals surface area contributed by atoms with Gasteiger partial charge in [-0.3, -0.25) is 4.79 Å². The zero-order valence-corrected chi connectivity index (χ0v) is 19.5. The third kappa shape index (κ3) is 9.09. The zero-order chi connectivity index (χ0) is 26.9. The summed E-state index contributed by atoms with van der Waals surface area (Å²) in [7, 11) is 0. The number of carboxylic acid groups (broad SMARTS) is 2. The standard InChI is InChI=1S/C19H24ClN3O5.C2HF3O2/c1-10(2)28-11-6-7-12-13(9-11)16(24)15(23-17(12)20)18(25)22-14(19(26)27)5-3-4-8-21;3-2(4,5)1(6)7/h6-7,9-10,14,24H,3-5,8,21H2,1-2H3,(H,22,25)(H,26,27);(H,6,7)/t14-;/m0./s1. The Hall–Kier alpha value is -3.32. The van der Waals surface area contributed by atoms with E-state index in [1.54, 1.807) is 18.2 Å². The van der Waals surface area contributed by atoms with E-state index in [-0.39, 0.29) is 23.4 Å². The van der Waals surface area contributed by atoms with Crippen LogP contribution < -0.4 is 15.8 Å². The van der Waals surface area contributed by atoms with Crippen LogP contribution in [0, 0.1) is 0 Å². The van der Waals surface area contributed by atoms with Gasteiger partial charge in [0, 0.05) is 10.8 Å². The number of carbonyl (C=O) groups excluding carboxylic acids is 1. The van der Waals surface area contributed by atoms with Gasteiger partial charge in [0.15, 0.2) is 11.4 Å². The summed E-state index contributed by atoms with van der Waals surface area (Å²) in [6, 6.07) is 3.76. The van der Waals surface area contributed by atoms with Gasteiger partial charge in [-0.05, 0) is 57.9 Å². The largest absolute Gasteiger partial charge is 0.505 e. The molecule has 0 bridgehead atoms. The Bertz CT molecular complexity index is 1060. The van der Waals surface area contributed by atoms with Crippen LogP contribution in [0.1, 0.15) is 43.6 Å². The van der Waals surface area contributed by atoms with Gasteiger partial charge in [0.1, 0.15) is 16.9 Å². The average molecular weight is 524 g/mol. The summed E-state index contributed by atoms with van der Waals surface area (Å²) >= 11 is 6.16. The number of ether oxygens (including phenoxy) is 1. The maximum absolute atomic E-state index is 12.6. The third-order valence-electron chi connectivity index (χ3n) is 4.28. The number of aliphatic carboxylic acids is 2. The minimum Gasteiger partial charge on any atom is -0.505 e. The highest BCUT2D eigenvalue weighted by Crippen LogP contribution is 2.34. The summed E-state index contributed by atoms with van der Waals surface area (Å²) < 4.78 is 37.3. The van der Waals surface area contributed by atoms with E-state index in [2.05, 4.69) is 10.3 Å². The average Bonchev–Trinajstić information content (AvgIpc) is 2.74. The molecule has 194 valence electrons. The number of alkyl halides is 3. The number of benzene rings is 1. The molecule has 0 radical (unpaired) electrons. The minimum atomic E-state index is -5.08. The predicted molar refractivity (Wildman–Crippen MR) is 120 cm³/mol. The molecule has 0 unspecified atom stereocenters. The first kappa shape index (κ1) is 29.7. The van der Waals surface area contributed by atoms with Crippen LogP contribution in [0.3, 0.4) is 0 Å². The zero-order valence-electron chi connectivity index (χ0n) is 18.7. The molecule has 1 atom stereocenters. The fourth-order valence-corrected chi connectivity index (χ4v) is 2.97. The van der Waals surface area contributed by atoms with Crippen molar-refractivity contribution in [3.63, 3.8) is 0 Å². The molecule has 0 fully saturated rings. The SMILES string of the molecule is CC(C)Oc1ccc2c(Cl)nc(C(=O)N[C@@H](CCCCN)C(=O)O)c(O)c2c1.O=C(O)C(F)(F)F. The van der Waals surface area contributed by atoms with Gasteiger partial charge in [-0.25, -0.2) is 14.6 Å². The second-order valence-corrected chi connectivity index (χ2v) is 7.78. The Kier molecular flexibility index (Phi) is 11.0. The van der Waals surface area contributed by atoms with Crippen LogP contribution in [0.4, 0.5) is 13.2 Å². The second kappa shape index (κ2) is 13.0. The van der Waals surface area contributed by atoms with E-state index in [9.17, 15) is 33.0 Å². The third-order valence-corrected chi connectivity index (χ3v) is 4.57. The van der Waals surface area contributed by atoms with Crippen molar-refractivity contribution in [3.8, 4) is 11.5 Å². The fraction of sp³-hybridized carbons (Fsp3) is 0.429. The van der Waals surface area contributed by atoms with Gasteiger partial charge in [-0.1, -0.05) is 11.6 Å². The van der Waals surface area contributed by atoms with E-state index >= 15 is 0 Å². The number of unbranched alkanes of at least 4 members (excludes halogenated alkanes) is 1. The number of aromatic hydroxyl groups is 1. The summed E-state index contributed by atoms with van der Waals surface area (Å²) in [5, 5.41) is 30.1. The lowest BCUT2D eigenvalue weighted by atomic mass is 10.1. The molecule has 2 aromatic rings. The molecule has 6 N–H and O–H groups in total. The molecule has 1 amide bonds. The molecule has 10 nitrogen and oxygen atoms in total. The normalized spacial score (nSPS) is 12.0. The number of carbonyl (C=O) groups is 3. The number of hydrogen-bond donors (Lipinski definition) is 5.